The lowest BCUT2D eigenvalue weighted by Crippen LogP contribution is -2.11. The van der Waals surface area contributed by atoms with Crippen molar-refractivity contribution < 1.29 is 18.0 Å². The van der Waals surface area contributed by atoms with Crippen LogP contribution in [-0.2, 0) is 12.6 Å². The monoisotopic (exact) mass is 454 g/mol. The second-order valence-corrected chi connectivity index (χ2v) is 8.34. The number of carbonyl (C=O) groups is 1. The number of halogens is 4. The number of aromatic nitrogens is 3. The highest BCUT2D eigenvalue weighted by Crippen LogP contribution is 2.35. The molecule has 29 heavy (non-hydrogen) atoms. The Morgan fingerprint density at radius 3 is 2.79 bits per heavy atom. The highest BCUT2D eigenvalue weighted by Gasteiger charge is 2.33. The summed E-state index contributed by atoms with van der Waals surface area (Å²) in [5, 5.41) is 6.64. The number of alkyl halides is 3. The third-order valence-electron chi connectivity index (χ3n) is 4.00. The molecule has 0 saturated carbocycles. The van der Waals surface area contributed by atoms with E-state index in [1.54, 1.807) is 18.2 Å². The van der Waals surface area contributed by atoms with E-state index in [4.69, 9.17) is 11.6 Å². The van der Waals surface area contributed by atoms with Gasteiger partial charge in [-0.05, 0) is 47.4 Å². The van der Waals surface area contributed by atoms with Gasteiger partial charge in [-0.1, -0.05) is 22.2 Å². The lowest BCUT2D eigenvalue weighted by atomic mass is 10.1. The summed E-state index contributed by atoms with van der Waals surface area (Å²) in [6, 6.07) is 8.83. The zero-order valence-corrected chi connectivity index (χ0v) is 16.7. The van der Waals surface area contributed by atoms with Gasteiger partial charge in [0.15, 0.2) is 5.13 Å². The van der Waals surface area contributed by atoms with Crippen LogP contribution in [0.15, 0.2) is 42.6 Å². The smallest absolute Gasteiger partial charge is 0.298 e. The molecule has 0 bridgehead atoms. The Morgan fingerprint density at radius 1 is 1.17 bits per heavy atom. The van der Waals surface area contributed by atoms with Gasteiger partial charge in [0, 0.05) is 23.1 Å². The van der Waals surface area contributed by atoms with E-state index in [0.29, 0.717) is 26.7 Å². The molecule has 4 aromatic rings. The molecular formula is C18H10ClF3N4OS2. The minimum atomic E-state index is -4.52. The Hall–Kier alpha value is -2.56. The Morgan fingerprint density at radius 2 is 2.00 bits per heavy atom. The number of rotatable bonds is 4. The lowest BCUT2D eigenvalue weighted by Gasteiger charge is -2.10. The summed E-state index contributed by atoms with van der Waals surface area (Å²) >= 11 is 8.03. The van der Waals surface area contributed by atoms with Crippen molar-refractivity contribution >= 4 is 55.7 Å². The van der Waals surface area contributed by atoms with Crippen LogP contribution in [-0.4, -0.2) is 20.5 Å². The van der Waals surface area contributed by atoms with Crippen molar-refractivity contribution in [3.8, 4) is 0 Å². The maximum atomic E-state index is 13.0. The predicted molar refractivity (Wildman–Crippen MR) is 107 cm³/mol. The highest BCUT2D eigenvalue weighted by atomic mass is 35.5. The number of carbonyl (C=O) groups excluding carboxylic acids is 1. The Balaban J connectivity index is 1.48. The third-order valence-corrected chi connectivity index (χ3v) is 5.93. The van der Waals surface area contributed by atoms with Gasteiger partial charge >= 0.3 is 6.18 Å². The molecule has 0 aliphatic carbocycles. The summed E-state index contributed by atoms with van der Waals surface area (Å²) in [6.07, 6.45) is -2.75. The van der Waals surface area contributed by atoms with Gasteiger partial charge in [-0.25, -0.2) is 4.98 Å². The van der Waals surface area contributed by atoms with E-state index in [9.17, 15) is 18.0 Å². The van der Waals surface area contributed by atoms with Crippen molar-refractivity contribution in [3.63, 3.8) is 0 Å². The van der Waals surface area contributed by atoms with E-state index in [2.05, 4.69) is 19.9 Å². The van der Waals surface area contributed by atoms with Gasteiger partial charge in [-0.15, -0.1) is 16.4 Å². The number of nitrogens with zero attached hydrogens (tertiary/aromatic N) is 3. The van der Waals surface area contributed by atoms with E-state index in [0.717, 1.165) is 10.8 Å². The van der Waals surface area contributed by atoms with Crippen molar-refractivity contribution in [3.05, 3.63) is 69.2 Å². The number of fused-ring (bicyclic) bond motifs is 1. The lowest BCUT2D eigenvalue weighted by molar-refractivity contribution is -0.137. The fourth-order valence-corrected chi connectivity index (χ4v) is 4.30. The van der Waals surface area contributed by atoms with E-state index in [1.165, 1.54) is 41.2 Å². The normalized spacial score (nSPS) is 11.7. The summed E-state index contributed by atoms with van der Waals surface area (Å²) in [7, 11) is 0. The molecule has 0 saturated heterocycles. The number of anilines is 1. The molecule has 2 aromatic carbocycles. The SMILES string of the molecule is O=C(Nc1ncc(Cc2ccc(Cl)c(C(F)(F)F)c2)s1)c1ccc2nnsc2c1. The zero-order valence-electron chi connectivity index (χ0n) is 14.3. The van der Waals surface area contributed by atoms with Crippen molar-refractivity contribution in [2.75, 3.05) is 5.32 Å². The molecular weight excluding hydrogens is 445 g/mol. The van der Waals surface area contributed by atoms with E-state index in [1.807, 2.05) is 0 Å². The number of thiazole rings is 1. The van der Waals surface area contributed by atoms with Crippen molar-refractivity contribution in [1.82, 2.24) is 14.6 Å². The molecule has 5 nitrogen and oxygen atoms in total. The van der Waals surface area contributed by atoms with Crippen LogP contribution in [0.3, 0.4) is 0 Å². The molecule has 0 aliphatic rings. The summed E-state index contributed by atoms with van der Waals surface area (Å²) in [5.74, 6) is -0.341. The molecule has 2 heterocycles. The van der Waals surface area contributed by atoms with Crippen LogP contribution in [0.5, 0.6) is 0 Å². The molecule has 0 atom stereocenters. The van der Waals surface area contributed by atoms with Gasteiger partial charge in [0.25, 0.3) is 5.91 Å². The van der Waals surface area contributed by atoms with Gasteiger partial charge in [0.2, 0.25) is 0 Å². The van der Waals surface area contributed by atoms with Crippen molar-refractivity contribution in [1.29, 1.82) is 0 Å². The molecule has 2 aromatic heterocycles. The Kier molecular flexibility index (Phi) is 5.24. The number of hydrogen-bond acceptors (Lipinski definition) is 6. The molecule has 0 aliphatic heterocycles. The third kappa shape index (κ3) is 4.39. The Labute approximate surface area is 175 Å². The first kappa shape index (κ1) is 19.7. The molecule has 11 heteroatoms. The maximum absolute atomic E-state index is 13.0. The van der Waals surface area contributed by atoms with Crippen LogP contribution in [0.1, 0.15) is 26.4 Å². The molecule has 0 spiro atoms. The van der Waals surface area contributed by atoms with E-state index >= 15 is 0 Å². The van der Waals surface area contributed by atoms with Gasteiger partial charge < -0.3 is 0 Å². The fraction of sp³-hybridized carbons (Fsp3) is 0.111. The Bertz CT molecular complexity index is 1210. The van der Waals surface area contributed by atoms with Crippen LogP contribution in [0.4, 0.5) is 18.3 Å². The first-order chi connectivity index (χ1) is 13.8. The number of amides is 1. The molecule has 148 valence electrons. The molecule has 1 N–H and O–H groups in total. The van der Waals surface area contributed by atoms with Crippen LogP contribution >= 0.6 is 34.5 Å². The average molecular weight is 455 g/mol. The summed E-state index contributed by atoms with van der Waals surface area (Å²) in [6.45, 7) is 0. The van der Waals surface area contributed by atoms with Gasteiger partial charge in [-0.3, -0.25) is 10.1 Å². The number of nitrogens with one attached hydrogen (secondary N) is 1. The second-order valence-electron chi connectivity index (χ2n) is 6.03. The van der Waals surface area contributed by atoms with E-state index < -0.39 is 11.7 Å². The average Bonchev–Trinajstić information content (AvgIpc) is 3.30. The van der Waals surface area contributed by atoms with Crippen molar-refractivity contribution in [2.24, 2.45) is 0 Å². The largest absolute Gasteiger partial charge is 0.417 e. The maximum Gasteiger partial charge on any atom is 0.417 e. The fourth-order valence-electron chi connectivity index (χ4n) is 2.64. The molecule has 0 radical (unpaired) electrons. The van der Waals surface area contributed by atoms with E-state index in [-0.39, 0.29) is 17.4 Å². The summed E-state index contributed by atoms with van der Waals surface area (Å²) in [4.78, 5) is 17.3. The summed E-state index contributed by atoms with van der Waals surface area (Å²) < 4.78 is 43.6. The van der Waals surface area contributed by atoms with Crippen LogP contribution < -0.4 is 5.32 Å². The topological polar surface area (TPSA) is 67.8 Å². The zero-order chi connectivity index (χ0) is 20.6. The molecule has 0 unspecified atom stereocenters. The first-order valence-electron chi connectivity index (χ1n) is 8.13. The standard InChI is InChI=1S/C18H10ClF3N4OS2/c19-13-3-1-9(6-12(13)18(20,21)22)5-11-8-23-17(28-11)24-16(27)10-2-4-14-15(7-10)29-26-25-14/h1-4,6-8H,5H2,(H,23,24,27). The first-order valence-corrected chi connectivity index (χ1v) is 10.1. The predicted octanol–water partition coefficient (Wildman–Crippen LogP) is 5.66. The van der Waals surface area contributed by atoms with Crippen LogP contribution in [0, 0.1) is 0 Å². The van der Waals surface area contributed by atoms with Gasteiger partial charge in [0.1, 0.15) is 5.52 Å². The minimum absolute atomic E-state index is 0.242. The minimum Gasteiger partial charge on any atom is -0.298 e. The van der Waals surface area contributed by atoms with Gasteiger partial charge in [0.05, 0.1) is 15.3 Å². The molecule has 1 amide bonds. The van der Waals surface area contributed by atoms with Gasteiger partial charge in [-0.2, -0.15) is 13.2 Å². The van der Waals surface area contributed by atoms with Crippen LogP contribution in [0.2, 0.25) is 5.02 Å². The molecule has 0 fully saturated rings. The second kappa shape index (κ2) is 7.69. The number of hydrogen-bond donors (Lipinski definition) is 1. The summed E-state index contributed by atoms with van der Waals surface area (Å²) in [5.41, 5.74) is 0.728. The highest BCUT2D eigenvalue weighted by molar-refractivity contribution is 7.15. The van der Waals surface area contributed by atoms with Crippen molar-refractivity contribution in [2.45, 2.75) is 12.6 Å². The van der Waals surface area contributed by atoms with Crippen LogP contribution in [0.25, 0.3) is 10.2 Å². The number of benzene rings is 2. The quantitative estimate of drug-likeness (QED) is 0.432. The molecule has 4 rings (SSSR count).